The summed E-state index contributed by atoms with van der Waals surface area (Å²) in [4.78, 5) is 14.4. The molecule has 0 aliphatic carbocycles. The number of aryl methyl sites for hydroxylation is 2. The molecule has 1 amide bonds. The van der Waals surface area contributed by atoms with Gasteiger partial charge in [0.15, 0.2) is 5.76 Å². The van der Waals surface area contributed by atoms with Crippen LogP contribution in [0, 0.1) is 13.8 Å². The number of furan rings is 1. The van der Waals surface area contributed by atoms with Gasteiger partial charge in [0.05, 0.1) is 6.04 Å². The van der Waals surface area contributed by atoms with Gasteiger partial charge in [-0.25, -0.2) is 13.6 Å². The Labute approximate surface area is 141 Å². The van der Waals surface area contributed by atoms with Gasteiger partial charge in [-0.15, -0.1) is 0 Å². The van der Waals surface area contributed by atoms with E-state index < -0.39 is 10.0 Å². The third kappa shape index (κ3) is 3.09. The highest BCUT2D eigenvalue weighted by Gasteiger charge is 2.33. The Bertz CT molecular complexity index is 886. The zero-order chi connectivity index (χ0) is 17.5. The van der Waals surface area contributed by atoms with E-state index in [1.165, 1.54) is 13.0 Å². The number of likely N-dealkylation sites (tertiary alicyclic amines) is 1. The lowest BCUT2D eigenvalue weighted by Crippen LogP contribution is -2.30. The molecular formula is C17H20N2O4S. The fraction of sp³-hybridized carbons (Fsp3) is 0.353. The zero-order valence-electron chi connectivity index (χ0n) is 13.7. The molecule has 2 N–H and O–H groups in total. The molecule has 0 saturated carbocycles. The van der Waals surface area contributed by atoms with Crippen LogP contribution >= 0.6 is 0 Å². The Kier molecular flexibility index (Phi) is 4.23. The lowest BCUT2D eigenvalue weighted by molar-refractivity contribution is 0.0702. The second kappa shape index (κ2) is 6.07. The fourth-order valence-corrected chi connectivity index (χ4v) is 3.94. The predicted octanol–water partition coefficient (Wildman–Crippen LogP) is 2.52. The molecule has 3 rings (SSSR count). The van der Waals surface area contributed by atoms with Gasteiger partial charge in [-0.1, -0.05) is 29.8 Å². The van der Waals surface area contributed by atoms with Crippen LogP contribution in [-0.2, 0) is 10.0 Å². The third-order valence-corrected chi connectivity index (χ3v) is 5.35. The standard InChI is InChI=1S/C17H20N2O4S/c1-11-5-3-6-13(9-11)14-7-4-8-19(14)17(20)15-10-16(12(2)23-15)24(18,21)22/h3,5-6,9-10,14H,4,7-8H2,1-2H3,(H2,18,21,22)/t14-/m0/s1. The van der Waals surface area contributed by atoms with Crippen molar-refractivity contribution in [2.75, 3.05) is 6.54 Å². The molecular weight excluding hydrogens is 328 g/mol. The summed E-state index contributed by atoms with van der Waals surface area (Å²) in [7, 11) is -3.91. The minimum absolute atomic E-state index is 0.0103. The Morgan fingerprint density at radius 2 is 2.04 bits per heavy atom. The quantitative estimate of drug-likeness (QED) is 0.922. The van der Waals surface area contributed by atoms with Crippen LogP contribution in [0.15, 0.2) is 39.6 Å². The lowest BCUT2D eigenvalue weighted by atomic mass is 10.0. The van der Waals surface area contributed by atoms with E-state index in [9.17, 15) is 13.2 Å². The van der Waals surface area contributed by atoms with E-state index in [1.54, 1.807) is 4.90 Å². The molecule has 0 bridgehead atoms. The van der Waals surface area contributed by atoms with E-state index in [2.05, 4.69) is 6.07 Å². The van der Waals surface area contributed by atoms with Crippen molar-refractivity contribution in [3.05, 3.63) is 53.0 Å². The lowest BCUT2D eigenvalue weighted by Gasteiger charge is -2.24. The number of hydrogen-bond acceptors (Lipinski definition) is 4. The highest BCUT2D eigenvalue weighted by Crippen LogP contribution is 2.34. The first-order valence-corrected chi connectivity index (χ1v) is 9.33. The number of carbonyl (C=O) groups excluding carboxylic acids is 1. The molecule has 24 heavy (non-hydrogen) atoms. The molecule has 2 aromatic rings. The molecule has 7 heteroatoms. The van der Waals surface area contributed by atoms with E-state index in [0.717, 1.165) is 24.0 Å². The van der Waals surface area contributed by atoms with Crippen LogP contribution in [-0.4, -0.2) is 25.8 Å². The van der Waals surface area contributed by atoms with Crippen molar-refractivity contribution in [1.82, 2.24) is 4.90 Å². The number of hydrogen-bond donors (Lipinski definition) is 1. The number of nitrogens with zero attached hydrogens (tertiary/aromatic N) is 1. The first-order valence-electron chi connectivity index (χ1n) is 7.78. The first kappa shape index (κ1) is 16.7. The average Bonchev–Trinajstić information content (AvgIpc) is 3.12. The molecule has 6 nitrogen and oxygen atoms in total. The van der Waals surface area contributed by atoms with E-state index >= 15 is 0 Å². The second-order valence-electron chi connectivity index (χ2n) is 6.15. The highest BCUT2D eigenvalue weighted by molar-refractivity contribution is 7.89. The van der Waals surface area contributed by atoms with Crippen molar-refractivity contribution >= 4 is 15.9 Å². The van der Waals surface area contributed by atoms with Crippen molar-refractivity contribution in [2.45, 2.75) is 37.6 Å². The van der Waals surface area contributed by atoms with Crippen LogP contribution < -0.4 is 5.14 Å². The Morgan fingerprint density at radius 1 is 1.29 bits per heavy atom. The molecule has 1 fully saturated rings. The molecule has 0 radical (unpaired) electrons. The van der Waals surface area contributed by atoms with Gasteiger partial charge >= 0.3 is 0 Å². The van der Waals surface area contributed by atoms with Gasteiger partial charge in [0.1, 0.15) is 10.7 Å². The summed E-state index contributed by atoms with van der Waals surface area (Å²) in [5, 5.41) is 5.15. The maximum atomic E-state index is 12.8. The van der Waals surface area contributed by atoms with Gasteiger partial charge in [-0.3, -0.25) is 4.79 Å². The van der Waals surface area contributed by atoms with Crippen LogP contribution in [0.2, 0.25) is 0 Å². The minimum atomic E-state index is -3.91. The maximum Gasteiger partial charge on any atom is 0.290 e. The molecule has 1 aromatic carbocycles. The summed E-state index contributed by atoms with van der Waals surface area (Å²) in [6.07, 6.45) is 1.77. The van der Waals surface area contributed by atoms with Crippen molar-refractivity contribution < 1.29 is 17.6 Å². The topological polar surface area (TPSA) is 93.6 Å². The monoisotopic (exact) mass is 348 g/mol. The smallest absolute Gasteiger partial charge is 0.290 e. The number of nitrogens with two attached hydrogens (primary N) is 1. The minimum Gasteiger partial charge on any atom is -0.455 e. The summed E-state index contributed by atoms with van der Waals surface area (Å²) in [5.74, 6) is -0.166. The van der Waals surface area contributed by atoms with Crippen LogP contribution in [0.25, 0.3) is 0 Å². The number of primary sulfonamides is 1. The SMILES string of the molecule is Cc1cccc([C@@H]2CCCN2C(=O)c2cc(S(N)(=O)=O)c(C)o2)c1. The number of benzene rings is 1. The average molecular weight is 348 g/mol. The Balaban J connectivity index is 1.92. The van der Waals surface area contributed by atoms with E-state index in [0.29, 0.717) is 6.54 Å². The number of amides is 1. The normalized spacial score (nSPS) is 18.1. The molecule has 0 spiro atoms. The third-order valence-electron chi connectivity index (χ3n) is 4.33. The molecule has 1 atom stereocenters. The van der Waals surface area contributed by atoms with Crippen molar-refractivity contribution in [1.29, 1.82) is 0 Å². The van der Waals surface area contributed by atoms with Gasteiger partial charge < -0.3 is 9.32 Å². The highest BCUT2D eigenvalue weighted by atomic mass is 32.2. The van der Waals surface area contributed by atoms with Gasteiger partial charge in [0.2, 0.25) is 10.0 Å². The van der Waals surface area contributed by atoms with Gasteiger partial charge in [0.25, 0.3) is 5.91 Å². The molecule has 1 saturated heterocycles. The Morgan fingerprint density at radius 3 is 2.67 bits per heavy atom. The van der Waals surface area contributed by atoms with Crippen LogP contribution in [0.3, 0.4) is 0 Å². The summed E-state index contributed by atoms with van der Waals surface area (Å²) in [6, 6.07) is 9.26. The fourth-order valence-electron chi connectivity index (χ4n) is 3.23. The van der Waals surface area contributed by atoms with Crippen molar-refractivity contribution in [3.63, 3.8) is 0 Å². The van der Waals surface area contributed by atoms with Crippen LogP contribution in [0.5, 0.6) is 0 Å². The number of carbonyl (C=O) groups is 1. The summed E-state index contributed by atoms with van der Waals surface area (Å²) >= 11 is 0. The van der Waals surface area contributed by atoms with Gasteiger partial charge in [-0.2, -0.15) is 0 Å². The molecule has 2 heterocycles. The zero-order valence-corrected chi connectivity index (χ0v) is 14.5. The van der Waals surface area contributed by atoms with E-state index in [4.69, 9.17) is 9.56 Å². The number of rotatable bonds is 3. The van der Waals surface area contributed by atoms with Gasteiger partial charge in [-0.05, 0) is 32.3 Å². The van der Waals surface area contributed by atoms with Crippen molar-refractivity contribution in [2.24, 2.45) is 5.14 Å². The first-order chi connectivity index (χ1) is 11.3. The van der Waals surface area contributed by atoms with Gasteiger partial charge in [0, 0.05) is 12.6 Å². The number of sulfonamides is 1. The van der Waals surface area contributed by atoms with Crippen LogP contribution in [0.1, 0.15) is 46.3 Å². The molecule has 128 valence electrons. The molecule has 1 aliphatic heterocycles. The predicted molar refractivity (Wildman–Crippen MR) is 89.0 cm³/mol. The Hall–Kier alpha value is -2.12. The summed E-state index contributed by atoms with van der Waals surface area (Å²) in [5.41, 5.74) is 2.22. The van der Waals surface area contributed by atoms with E-state index in [1.807, 2.05) is 25.1 Å². The summed E-state index contributed by atoms with van der Waals surface area (Å²) < 4.78 is 28.4. The summed E-state index contributed by atoms with van der Waals surface area (Å²) in [6.45, 7) is 4.11. The maximum absolute atomic E-state index is 12.8. The van der Waals surface area contributed by atoms with Crippen LogP contribution in [0.4, 0.5) is 0 Å². The molecule has 1 aromatic heterocycles. The molecule has 0 unspecified atom stereocenters. The largest absolute Gasteiger partial charge is 0.455 e. The van der Waals surface area contributed by atoms with Crippen molar-refractivity contribution in [3.8, 4) is 0 Å². The molecule has 1 aliphatic rings. The van der Waals surface area contributed by atoms with E-state index in [-0.39, 0.29) is 28.4 Å². The second-order valence-corrected chi connectivity index (χ2v) is 7.68.